The first kappa shape index (κ1) is 13.1. The van der Waals surface area contributed by atoms with Gasteiger partial charge >= 0.3 is 0 Å². The second-order valence-electron chi connectivity index (χ2n) is 5.21. The third kappa shape index (κ3) is 3.35. The van der Waals surface area contributed by atoms with Crippen molar-refractivity contribution >= 4 is 11.9 Å². The van der Waals surface area contributed by atoms with Gasteiger partial charge in [-0.1, -0.05) is 12.8 Å². The molecule has 0 spiro atoms. The predicted octanol–water partition coefficient (Wildman–Crippen LogP) is -0.0413. The van der Waals surface area contributed by atoms with Crippen LogP contribution in [0.3, 0.4) is 0 Å². The summed E-state index contributed by atoms with van der Waals surface area (Å²) in [6.07, 6.45) is 6.25. The maximum Gasteiger partial charge on any atom is 0.222 e. The Balaban J connectivity index is 1.87. The summed E-state index contributed by atoms with van der Waals surface area (Å²) in [6, 6.07) is 0.635. The molecule has 18 heavy (non-hydrogen) atoms. The van der Waals surface area contributed by atoms with E-state index in [0.717, 1.165) is 19.3 Å². The van der Waals surface area contributed by atoms with Crippen LogP contribution in [0.5, 0.6) is 0 Å². The van der Waals surface area contributed by atoms with Crippen LogP contribution in [0.15, 0.2) is 4.99 Å². The largest absolute Gasteiger partial charge is 0.351 e. The minimum atomic E-state index is 0.211. The summed E-state index contributed by atoms with van der Waals surface area (Å²) < 4.78 is 0. The Morgan fingerprint density at radius 2 is 2.11 bits per heavy atom. The van der Waals surface area contributed by atoms with Crippen molar-refractivity contribution in [3.8, 4) is 0 Å². The van der Waals surface area contributed by atoms with Gasteiger partial charge in [0.25, 0.3) is 0 Å². The lowest BCUT2D eigenvalue weighted by molar-refractivity contribution is -0.132. The SMILES string of the molecule is CN1CC(NC(=NC2CCCC2)NN)CCC1=O. The molecular weight excluding hydrogens is 230 g/mol. The highest BCUT2D eigenvalue weighted by molar-refractivity contribution is 5.81. The lowest BCUT2D eigenvalue weighted by Gasteiger charge is -2.31. The number of nitrogens with one attached hydrogen (secondary N) is 2. The lowest BCUT2D eigenvalue weighted by Crippen LogP contribution is -2.53. The van der Waals surface area contributed by atoms with Crippen LogP contribution in [0.1, 0.15) is 38.5 Å². The van der Waals surface area contributed by atoms with E-state index in [2.05, 4.69) is 15.7 Å². The predicted molar refractivity (Wildman–Crippen MR) is 70.8 cm³/mol. The number of hydrogen-bond acceptors (Lipinski definition) is 3. The van der Waals surface area contributed by atoms with Crippen LogP contribution in [-0.4, -0.2) is 42.4 Å². The molecule has 1 aliphatic heterocycles. The van der Waals surface area contributed by atoms with Crippen molar-refractivity contribution in [1.29, 1.82) is 0 Å². The molecule has 2 fully saturated rings. The summed E-state index contributed by atoms with van der Waals surface area (Å²) in [4.78, 5) is 17.8. The molecule has 6 nitrogen and oxygen atoms in total. The van der Waals surface area contributed by atoms with E-state index in [1.54, 1.807) is 4.90 Å². The van der Waals surface area contributed by atoms with Gasteiger partial charge in [0.05, 0.1) is 6.04 Å². The smallest absolute Gasteiger partial charge is 0.222 e. The lowest BCUT2D eigenvalue weighted by atomic mass is 10.1. The molecule has 1 aliphatic carbocycles. The first-order chi connectivity index (χ1) is 8.69. The van der Waals surface area contributed by atoms with E-state index in [4.69, 9.17) is 5.84 Å². The molecule has 1 amide bonds. The van der Waals surface area contributed by atoms with E-state index in [1.807, 2.05) is 7.05 Å². The third-order valence-corrected chi connectivity index (χ3v) is 3.74. The number of amides is 1. The number of hydrogen-bond donors (Lipinski definition) is 3. The molecule has 0 aromatic rings. The number of likely N-dealkylation sites (N-methyl/N-ethyl adjacent to an activating group) is 1. The van der Waals surface area contributed by atoms with Gasteiger partial charge in [0.2, 0.25) is 11.9 Å². The molecule has 0 bridgehead atoms. The van der Waals surface area contributed by atoms with Gasteiger partial charge in [0.15, 0.2) is 0 Å². The van der Waals surface area contributed by atoms with Crippen LogP contribution in [-0.2, 0) is 4.79 Å². The number of nitrogens with zero attached hydrogens (tertiary/aromatic N) is 2. The number of rotatable bonds is 2. The maximum atomic E-state index is 11.4. The fourth-order valence-electron chi connectivity index (χ4n) is 2.66. The minimum absolute atomic E-state index is 0.211. The number of likely N-dealkylation sites (tertiary alicyclic amines) is 1. The quantitative estimate of drug-likeness (QED) is 0.279. The fourth-order valence-corrected chi connectivity index (χ4v) is 2.66. The Morgan fingerprint density at radius 3 is 2.72 bits per heavy atom. The molecule has 102 valence electrons. The van der Waals surface area contributed by atoms with Crippen LogP contribution in [0.2, 0.25) is 0 Å². The number of aliphatic imine (C=N–C) groups is 1. The average Bonchev–Trinajstić information content (AvgIpc) is 2.86. The zero-order valence-electron chi connectivity index (χ0n) is 11.0. The van der Waals surface area contributed by atoms with Crippen LogP contribution in [0, 0.1) is 0 Å². The fraction of sp³-hybridized carbons (Fsp3) is 0.833. The standard InChI is InChI=1S/C12H23N5O/c1-17-8-10(6-7-11(17)18)15-12(16-13)14-9-4-2-3-5-9/h9-10H,2-8,13H2,1H3,(H2,14,15,16). The summed E-state index contributed by atoms with van der Waals surface area (Å²) >= 11 is 0. The van der Waals surface area contributed by atoms with E-state index in [1.165, 1.54) is 12.8 Å². The average molecular weight is 253 g/mol. The Kier molecular flexibility index (Phi) is 4.41. The summed E-state index contributed by atoms with van der Waals surface area (Å²) in [5, 5.41) is 3.30. The molecule has 1 saturated heterocycles. The summed E-state index contributed by atoms with van der Waals surface area (Å²) in [5.41, 5.74) is 2.64. The first-order valence-electron chi connectivity index (χ1n) is 6.74. The molecule has 0 radical (unpaired) electrons. The molecule has 1 unspecified atom stereocenters. The van der Waals surface area contributed by atoms with Gasteiger partial charge in [0, 0.05) is 26.1 Å². The molecule has 1 saturated carbocycles. The monoisotopic (exact) mass is 253 g/mol. The second kappa shape index (κ2) is 6.04. The molecule has 2 aliphatic rings. The molecular formula is C12H23N5O. The maximum absolute atomic E-state index is 11.4. The summed E-state index contributed by atoms with van der Waals surface area (Å²) in [5.74, 6) is 6.38. The molecule has 1 atom stereocenters. The highest BCUT2D eigenvalue weighted by Crippen LogP contribution is 2.20. The van der Waals surface area contributed by atoms with E-state index < -0.39 is 0 Å². The number of piperidine rings is 1. The summed E-state index contributed by atoms with van der Waals surface area (Å²) in [7, 11) is 1.83. The Labute approximate surface area is 108 Å². The van der Waals surface area contributed by atoms with E-state index in [0.29, 0.717) is 25.0 Å². The molecule has 4 N–H and O–H groups in total. The van der Waals surface area contributed by atoms with Crippen molar-refractivity contribution in [2.24, 2.45) is 10.8 Å². The van der Waals surface area contributed by atoms with Crippen molar-refractivity contribution in [3.05, 3.63) is 0 Å². The van der Waals surface area contributed by atoms with Gasteiger partial charge < -0.3 is 10.2 Å². The Bertz CT molecular complexity index is 324. The van der Waals surface area contributed by atoms with Crippen LogP contribution < -0.4 is 16.6 Å². The normalized spacial score (nSPS) is 26.6. The number of carbonyl (C=O) groups is 1. The van der Waals surface area contributed by atoms with E-state index in [-0.39, 0.29) is 11.9 Å². The minimum Gasteiger partial charge on any atom is -0.351 e. The van der Waals surface area contributed by atoms with Gasteiger partial charge in [-0.25, -0.2) is 10.8 Å². The van der Waals surface area contributed by atoms with Crippen molar-refractivity contribution in [3.63, 3.8) is 0 Å². The van der Waals surface area contributed by atoms with Crippen LogP contribution in [0.4, 0.5) is 0 Å². The van der Waals surface area contributed by atoms with Crippen molar-refractivity contribution in [1.82, 2.24) is 15.6 Å². The Hall–Kier alpha value is -1.30. The van der Waals surface area contributed by atoms with Crippen LogP contribution >= 0.6 is 0 Å². The zero-order chi connectivity index (χ0) is 13.0. The third-order valence-electron chi connectivity index (χ3n) is 3.74. The summed E-state index contributed by atoms with van der Waals surface area (Å²) in [6.45, 7) is 0.713. The van der Waals surface area contributed by atoms with Gasteiger partial charge in [-0.05, 0) is 19.3 Å². The number of hydrazine groups is 1. The molecule has 6 heteroatoms. The highest BCUT2D eigenvalue weighted by Gasteiger charge is 2.24. The van der Waals surface area contributed by atoms with Gasteiger partial charge in [-0.2, -0.15) is 0 Å². The van der Waals surface area contributed by atoms with Crippen molar-refractivity contribution in [2.75, 3.05) is 13.6 Å². The molecule has 0 aromatic carbocycles. The number of nitrogens with two attached hydrogens (primary N) is 1. The molecule has 2 rings (SSSR count). The number of guanidine groups is 1. The molecule has 0 aromatic heterocycles. The first-order valence-corrected chi connectivity index (χ1v) is 6.74. The van der Waals surface area contributed by atoms with E-state index in [9.17, 15) is 4.79 Å². The van der Waals surface area contributed by atoms with Crippen molar-refractivity contribution in [2.45, 2.75) is 50.6 Å². The molecule has 1 heterocycles. The Morgan fingerprint density at radius 1 is 1.39 bits per heavy atom. The number of carbonyl (C=O) groups excluding carboxylic acids is 1. The van der Waals surface area contributed by atoms with Crippen LogP contribution in [0.25, 0.3) is 0 Å². The highest BCUT2D eigenvalue weighted by atomic mass is 16.2. The van der Waals surface area contributed by atoms with Crippen molar-refractivity contribution < 1.29 is 4.79 Å². The van der Waals surface area contributed by atoms with Gasteiger partial charge in [0.1, 0.15) is 0 Å². The van der Waals surface area contributed by atoms with Gasteiger partial charge in [-0.3, -0.25) is 10.2 Å². The topological polar surface area (TPSA) is 82.8 Å². The zero-order valence-corrected chi connectivity index (χ0v) is 11.0. The van der Waals surface area contributed by atoms with Gasteiger partial charge in [-0.15, -0.1) is 0 Å². The second-order valence-corrected chi connectivity index (χ2v) is 5.21. The van der Waals surface area contributed by atoms with E-state index >= 15 is 0 Å².